The van der Waals surface area contributed by atoms with E-state index in [1.54, 1.807) is 6.07 Å². The van der Waals surface area contributed by atoms with Gasteiger partial charge in [-0.1, -0.05) is 35.3 Å². The minimum atomic E-state index is -1.35. The number of aromatic nitrogens is 2. The summed E-state index contributed by atoms with van der Waals surface area (Å²) in [4.78, 5) is 8.57. The van der Waals surface area contributed by atoms with Gasteiger partial charge in [-0.05, 0) is 62.4 Å². The highest BCUT2D eigenvalue weighted by Gasteiger charge is 2.35. The van der Waals surface area contributed by atoms with Crippen molar-refractivity contribution in [1.29, 1.82) is 0 Å². The van der Waals surface area contributed by atoms with Crippen LogP contribution in [0, 0.1) is 0 Å². The topological polar surface area (TPSA) is 75.1 Å². The molecule has 9 heteroatoms. The molecule has 3 aromatic rings. The van der Waals surface area contributed by atoms with Gasteiger partial charge in [0.05, 0.1) is 21.3 Å². The summed E-state index contributed by atoms with van der Waals surface area (Å²) in [6.45, 7) is 7.69. The summed E-state index contributed by atoms with van der Waals surface area (Å²) >= 11 is 13.8. The number of hydrogen-bond donors (Lipinski definition) is 2. The third kappa shape index (κ3) is 4.93. The van der Waals surface area contributed by atoms with Gasteiger partial charge < -0.3 is 5.11 Å². The lowest BCUT2D eigenvalue weighted by atomic mass is 9.87. The molecule has 2 heterocycles. The van der Waals surface area contributed by atoms with Crippen molar-refractivity contribution in [3.8, 4) is 0 Å². The maximum absolute atomic E-state index is 13.0. The van der Waals surface area contributed by atoms with E-state index >= 15 is 0 Å². The van der Waals surface area contributed by atoms with Crippen molar-refractivity contribution in [2.24, 2.45) is 0 Å². The van der Waals surface area contributed by atoms with Gasteiger partial charge in [-0.25, -0.2) is 18.9 Å². The molecule has 1 aromatic carbocycles. The van der Waals surface area contributed by atoms with Gasteiger partial charge in [-0.15, -0.1) is 11.3 Å². The first-order chi connectivity index (χ1) is 14.0. The van der Waals surface area contributed by atoms with Crippen molar-refractivity contribution < 1.29 is 9.32 Å². The molecule has 0 saturated heterocycles. The van der Waals surface area contributed by atoms with Crippen LogP contribution in [0.4, 0.5) is 0 Å². The highest BCUT2D eigenvalue weighted by Crippen LogP contribution is 2.38. The number of aliphatic hydroxyl groups is 1. The van der Waals surface area contributed by atoms with E-state index in [0.717, 1.165) is 11.1 Å². The maximum Gasteiger partial charge on any atom is 0.138 e. The molecule has 2 aromatic heterocycles. The van der Waals surface area contributed by atoms with Crippen LogP contribution in [0.5, 0.6) is 0 Å². The SMILES string of the molecule is CC(NS(=O)C(C)(C)C)(c1cccc(Cl)c1)c1csc(C(O)c2cncnc2Cl)c1. The Balaban J connectivity index is 2.05. The first-order valence-electron chi connectivity index (χ1n) is 9.20. The molecule has 0 radical (unpaired) electrons. The fraction of sp³-hybridized carbons (Fsp3) is 0.333. The molecule has 5 nitrogen and oxygen atoms in total. The highest BCUT2D eigenvalue weighted by atomic mass is 35.5. The molecule has 0 aliphatic rings. The fourth-order valence-electron chi connectivity index (χ4n) is 2.84. The summed E-state index contributed by atoms with van der Waals surface area (Å²) in [5.41, 5.74) is 1.36. The Morgan fingerprint density at radius 3 is 2.53 bits per heavy atom. The minimum absolute atomic E-state index is 0.206. The van der Waals surface area contributed by atoms with Gasteiger partial charge in [-0.3, -0.25) is 0 Å². The number of aliphatic hydroxyl groups excluding tert-OH is 1. The maximum atomic E-state index is 13.0. The van der Waals surface area contributed by atoms with E-state index in [-0.39, 0.29) is 5.15 Å². The van der Waals surface area contributed by atoms with Crippen molar-refractivity contribution in [2.75, 3.05) is 0 Å². The molecule has 0 bridgehead atoms. The quantitative estimate of drug-likeness (QED) is 0.469. The van der Waals surface area contributed by atoms with Crippen LogP contribution in [0.3, 0.4) is 0 Å². The van der Waals surface area contributed by atoms with Crippen LogP contribution in [0.15, 0.2) is 48.2 Å². The number of nitrogens with zero attached hydrogens (tertiary/aromatic N) is 2. The Bertz CT molecular complexity index is 1070. The molecule has 30 heavy (non-hydrogen) atoms. The predicted octanol–water partition coefficient (Wildman–Crippen LogP) is 5.24. The lowest BCUT2D eigenvalue weighted by Crippen LogP contribution is -2.46. The van der Waals surface area contributed by atoms with Gasteiger partial charge in [0.1, 0.15) is 17.6 Å². The average Bonchev–Trinajstić information content (AvgIpc) is 3.18. The third-order valence-corrected chi connectivity index (χ3v) is 7.95. The van der Waals surface area contributed by atoms with Gasteiger partial charge in [0, 0.05) is 21.7 Å². The van der Waals surface area contributed by atoms with Gasteiger partial charge in [0.2, 0.25) is 0 Å². The van der Waals surface area contributed by atoms with E-state index in [4.69, 9.17) is 23.2 Å². The largest absolute Gasteiger partial charge is 0.383 e. The molecule has 2 N–H and O–H groups in total. The lowest BCUT2D eigenvalue weighted by Gasteiger charge is -2.33. The monoisotopic (exact) mass is 483 g/mol. The summed E-state index contributed by atoms with van der Waals surface area (Å²) < 4.78 is 15.8. The molecule has 0 amide bonds. The van der Waals surface area contributed by atoms with Crippen LogP contribution < -0.4 is 4.72 Å². The molecule has 0 saturated carbocycles. The number of nitrogens with one attached hydrogen (secondary N) is 1. The average molecular weight is 484 g/mol. The summed E-state index contributed by atoms with van der Waals surface area (Å²) in [6.07, 6.45) is 1.87. The van der Waals surface area contributed by atoms with E-state index in [1.165, 1.54) is 23.9 Å². The Kier molecular flexibility index (Phi) is 7.01. The molecule has 0 aliphatic heterocycles. The summed E-state index contributed by atoms with van der Waals surface area (Å²) in [5.74, 6) is 0. The van der Waals surface area contributed by atoms with E-state index < -0.39 is 27.4 Å². The van der Waals surface area contributed by atoms with Crippen LogP contribution in [0.1, 0.15) is 55.4 Å². The molecule has 3 unspecified atom stereocenters. The zero-order valence-corrected chi connectivity index (χ0v) is 20.2. The van der Waals surface area contributed by atoms with Crippen molar-refractivity contribution in [3.05, 3.63) is 80.0 Å². The Labute approximate surface area is 193 Å². The predicted molar refractivity (Wildman–Crippen MR) is 124 cm³/mol. The van der Waals surface area contributed by atoms with Crippen molar-refractivity contribution >= 4 is 45.5 Å². The zero-order valence-electron chi connectivity index (χ0n) is 17.0. The van der Waals surface area contributed by atoms with Crippen molar-refractivity contribution in [2.45, 2.75) is 44.1 Å². The fourth-order valence-corrected chi connectivity index (χ4v) is 5.16. The third-order valence-electron chi connectivity index (χ3n) is 4.71. The lowest BCUT2D eigenvalue weighted by molar-refractivity contribution is 0.223. The summed E-state index contributed by atoms with van der Waals surface area (Å²) in [5, 5.41) is 13.6. The van der Waals surface area contributed by atoms with E-state index in [9.17, 15) is 9.32 Å². The summed E-state index contributed by atoms with van der Waals surface area (Å²) in [7, 11) is -1.35. The minimum Gasteiger partial charge on any atom is -0.383 e. The zero-order chi connectivity index (χ0) is 22.1. The Morgan fingerprint density at radius 2 is 1.90 bits per heavy atom. The van der Waals surface area contributed by atoms with E-state index in [1.807, 2.05) is 57.3 Å². The number of hydrogen-bond acceptors (Lipinski definition) is 5. The van der Waals surface area contributed by atoms with Crippen molar-refractivity contribution in [1.82, 2.24) is 14.7 Å². The number of rotatable bonds is 6. The van der Waals surface area contributed by atoms with Gasteiger partial charge in [-0.2, -0.15) is 0 Å². The second-order valence-corrected chi connectivity index (χ2v) is 11.7. The number of benzene rings is 1. The molecule has 0 aliphatic carbocycles. The van der Waals surface area contributed by atoms with Crippen molar-refractivity contribution in [3.63, 3.8) is 0 Å². The number of halogens is 2. The molecule has 3 atom stereocenters. The molecule has 0 fully saturated rings. The Hall–Kier alpha value is -1.35. The second-order valence-electron chi connectivity index (χ2n) is 8.03. The van der Waals surface area contributed by atoms with Gasteiger partial charge >= 0.3 is 0 Å². The van der Waals surface area contributed by atoms with Gasteiger partial charge in [0.15, 0.2) is 0 Å². The van der Waals surface area contributed by atoms with Gasteiger partial charge in [0.25, 0.3) is 0 Å². The standard InChI is InChI=1S/C21H23Cl2N3O2S2/c1-20(2,3)30(28)26-21(4,13-6-5-7-15(22)8-13)14-9-17(29-11-14)18(27)16-10-24-12-25-19(16)23/h5-12,18,26-27H,1-4H3. The highest BCUT2D eigenvalue weighted by molar-refractivity contribution is 7.84. The van der Waals surface area contributed by atoms with E-state index in [0.29, 0.717) is 15.5 Å². The molecule has 160 valence electrons. The normalized spacial score (nSPS) is 16.1. The van der Waals surface area contributed by atoms with Crippen LogP contribution >= 0.6 is 34.5 Å². The summed E-state index contributed by atoms with van der Waals surface area (Å²) in [6, 6.07) is 9.33. The van der Waals surface area contributed by atoms with Crippen LogP contribution in [-0.2, 0) is 16.5 Å². The molecular weight excluding hydrogens is 461 g/mol. The van der Waals surface area contributed by atoms with Crippen LogP contribution in [-0.4, -0.2) is 24.0 Å². The van der Waals surface area contributed by atoms with Crippen LogP contribution in [0.2, 0.25) is 10.2 Å². The first-order valence-corrected chi connectivity index (χ1v) is 12.0. The molecule has 3 rings (SSSR count). The molecule has 0 spiro atoms. The smallest absolute Gasteiger partial charge is 0.138 e. The Morgan fingerprint density at radius 1 is 1.17 bits per heavy atom. The number of thiophene rings is 1. The second kappa shape index (κ2) is 9.02. The van der Waals surface area contributed by atoms with Crippen LogP contribution in [0.25, 0.3) is 0 Å². The van der Waals surface area contributed by atoms with E-state index in [2.05, 4.69) is 14.7 Å². The first kappa shape index (κ1) is 23.3. The molecular formula is C21H23Cl2N3O2S2.